The average Bonchev–Trinajstić information content (AvgIpc) is 2.93. The van der Waals surface area contributed by atoms with Gasteiger partial charge in [0, 0.05) is 31.0 Å². The number of nitrogens with one attached hydrogen (secondary N) is 1. The summed E-state index contributed by atoms with van der Waals surface area (Å²) >= 11 is 0. The van der Waals surface area contributed by atoms with Crippen LogP contribution in [-0.2, 0) is 0 Å². The van der Waals surface area contributed by atoms with Crippen molar-refractivity contribution in [2.24, 2.45) is 5.92 Å². The van der Waals surface area contributed by atoms with Gasteiger partial charge in [-0.15, -0.1) is 0 Å². The number of anilines is 1. The second-order valence-electron chi connectivity index (χ2n) is 7.14. The van der Waals surface area contributed by atoms with Crippen LogP contribution < -0.4 is 10.5 Å². The predicted molar refractivity (Wildman–Crippen MR) is 88.2 cm³/mol. The molecule has 1 aromatic heterocycles. The van der Waals surface area contributed by atoms with Crippen molar-refractivity contribution >= 4 is 16.7 Å². The molecule has 2 aromatic rings. The molecule has 2 fully saturated rings. The van der Waals surface area contributed by atoms with Gasteiger partial charge in [0.2, 0.25) is 0 Å². The lowest BCUT2D eigenvalue weighted by molar-refractivity contribution is -0.129. The fraction of sp³-hybridized carbons (Fsp3) is 0.588. The molecule has 5 nitrogen and oxygen atoms in total. The topological polar surface area (TPSA) is 67.2 Å². The highest BCUT2D eigenvalue weighted by molar-refractivity contribution is 5.90. The molecule has 0 atom stereocenters. The highest BCUT2D eigenvalue weighted by atomic mass is 19.3. The third-order valence-electron chi connectivity index (χ3n) is 5.34. The van der Waals surface area contributed by atoms with E-state index in [0.717, 1.165) is 25.9 Å². The van der Waals surface area contributed by atoms with Crippen LogP contribution >= 0.6 is 0 Å². The molecular formula is C17H21F3N4O. The number of fused-ring (bicyclic) bond motifs is 1. The van der Waals surface area contributed by atoms with E-state index in [2.05, 4.69) is 15.1 Å². The lowest BCUT2D eigenvalue weighted by Crippen LogP contribution is -2.53. The van der Waals surface area contributed by atoms with Crippen molar-refractivity contribution in [1.82, 2.24) is 15.1 Å². The summed E-state index contributed by atoms with van der Waals surface area (Å²) < 4.78 is 45.8. The number of alkyl halides is 2. The van der Waals surface area contributed by atoms with Crippen LogP contribution in [0.3, 0.4) is 0 Å². The summed E-state index contributed by atoms with van der Waals surface area (Å²) in [5.74, 6) is -2.01. The first-order valence-corrected chi connectivity index (χ1v) is 8.59. The maximum atomic E-state index is 14.1. The molecular weight excluding hydrogens is 333 g/mol. The fourth-order valence-corrected chi connectivity index (χ4v) is 3.78. The number of hydrogen-bond donors (Lipinski definition) is 2. The number of nitrogens with zero attached hydrogens (tertiary/aromatic N) is 2. The van der Waals surface area contributed by atoms with E-state index in [4.69, 9.17) is 10.5 Å². The molecule has 8 heteroatoms. The Balaban J connectivity index is 1.30. The molecule has 4 rings (SSSR count). The number of benzene rings is 1. The zero-order valence-electron chi connectivity index (χ0n) is 13.8. The molecule has 25 heavy (non-hydrogen) atoms. The van der Waals surface area contributed by atoms with Gasteiger partial charge in [-0.05, 0) is 31.8 Å². The summed E-state index contributed by atoms with van der Waals surface area (Å²) in [4.78, 5) is 2.16. The van der Waals surface area contributed by atoms with Crippen molar-refractivity contribution < 1.29 is 17.9 Å². The lowest BCUT2D eigenvalue weighted by Gasteiger charge is -2.45. The van der Waals surface area contributed by atoms with Gasteiger partial charge in [0.15, 0.2) is 5.82 Å². The molecule has 2 heterocycles. The molecule has 0 amide bonds. The van der Waals surface area contributed by atoms with E-state index in [1.54, 1.807) is 6.07 Å². The van der Waals surface area contributed by atoms with Crippen LogP contribution in [0.4, 0.5) is 19.0 Å². The highest BCUT2D eigenvalue weighted by Gasteiger charge is 2.48. The van der Waals surface area contributed by atoms with E-state index < -0.39 is 11.7 Å². The average molecular weight is 354 g/mol. The quantitative estimate of drug-likeness (QED) is 0.885. The van der Waals surface area contributed by atoms with Crippen LogP contribution in [0.5, 0.6) is 5.75 Å². The molecule has 0 unspecified atom stereocenters. The lowest BCUT2D eigenvalue weighted by atomic mass is 9.84. The van der Waals surface area contributed by atoms with Gasteiger partial charge in [-0.3, -0.25) is 10.00 Å². The van der Waals surface area contributed by atoms with Gasteiger partial charge in [0.05, 0.1) is 17.5 Å². The molecule has 1 saturated carbocycles. The van der Waals surface area contributed by atoms with Crippen molar-refractivity contribution in [3.63, 3.8) is 0 Å². The summed E-state index contributed by atoms with van der Waals surface area (Å²) in [6.45, 7) is 2.13. The second kappa shape index (κ2) is 6.09. The second-order valence-corrected chi connectivity index (χ2v) is 7.14. The number of rotatable bonds is 4. The number of nitrogens with two attached hydrogens (primary N) is 1. The van der Waals surface area contributed by atoms with Crippen LogP contribution in [0.15, 0.2) is 12.1 Å². The standard InChI is InChI=1S/C17H21F3N4O/c18-13-5-12(6-14-15(13)16(21)23-22-14)25-9-10-1-3-24(4-2-10)11-7-17(19,20)8-11/h5-6,10-11H,1-4,7-9H2,(H3,21,22,23). The molecule has 136 valence electrons. The number of H-pyrrole nitrogens is 1. The summed E-state index contributed by atoms with van der Waals surface area (Å²) in [6.07, 6.45) is 1.79. The Bertz CT molecular complexity index is 763. The number of halogens is 3. The van der Waals surface area contributed by atoms with Crippen LogP contribution in [0.25, 0.3) is 10.9 Å². The van der Waals surface area contributed by atoms with Gasteiger partial charge in [-0.2, -0.15) is 5.10 Å². The Morgan fingerprint density at radius 1 is 1.28 bits per heavy atom. The molecule has 1 aliphatic heterocycles. The van der Waals surface area contributed by atoms with E-state index in [-0.39, 0.29) is 30.1 Å². The van der Waals surface area contributed by atoms with E-state index in [0.29, 0.717) is 23.8 Å². The number of likely N-dealkylation sites (tertiary alicyclic amines) is 1. The maximum absolute atomic E-state index is 14.1. The van der Waals surface area contributed by atoms with Crippen molar-refractivity contribution in [3.8, 4) is 5.75 Å². The molecule has 0 bridgehead atoms. The number of hydrogen-bond acceptors (Lipinski definition) is 4. The van der Waals surface area contributed by atoms with Crippen LogP contribution in [0.1, 0.15) is 25.7 Å². The summed E-state index contributed by atoms with van der Waals surface area (Å²) in [5, 5.41) is 6.75. The SMILES string of the molecule is Nc1n[nH]c2cc(OCC3CCN(C4CC(F)(F)C4)CC3)cc(F)c12. The van der Waals surface area contributed by atoms with Gasteiger partial charge in [-0.25, -0.2) is 13.2 Å². The van der Waals surface area contributed by atoms with Gasteiger partial charge < -0.3 is 10.5 Å². The smallest absolute Gasteiger partial charge is 0.251 e. The molecule has 0 radical (unpaired) electrons. The number of piperidine rings is 1. The number of ether oxygens (including phenoxy) is 1. The zero-order valence-corrected chi connectivity index (χ0v) is 13.8. The van der Waals surface area contributed by atoms with Gasteiger partial charge >= 0.3 is 0 Å². The van der Waals surface area contributed by atoms with E-state index in [1.807, 2.05) is 0 Å². The summed E-state index contributed by atoms with van der Waals surface area (Å²) in [6, 6.07) is 3.03. The van der Waals surface area contributed by atoms with Crippen LogP contribution in [0.2, 0.25) is 0 Å². The molecule has 2 aliphatic rings. The Hall–Kier alpha value is -1.96. The van der Waals surface area contributed by atoms with Crippen molar-refractivity contribution in [1.29, 1.82) is 0 Å². The molecule has 0 spiro atoms. The largest absolute Gasteiger partial charge is 0.493 e. The molecule has 1 saturated heterocycles. The molecule has 3 N–H and O–H groups in total. The van der Waals surface area contributed by atoms with Crippen LogP contribution in [-0.4, -0.2) is 46.8 Å². The normalized spacial score (nSPS) is 22.2. The van der Waals surface area contributed by atoms with E-state index in [1.165, 1.54) is 6.07 Å². The Morgan fingerprint density at radius 3 is 2.68 bits per heavy atom. The van der Waals surface area contributed by atoms with Crippen molar-refractivity contribution in [3.05, 3.63) is 17.9 Å². The summed E-state index contributed by atoms with van der Waals surface area (Å²) in [7, 11) is 0. The van der Waals surface area contributed by atoms with Crippen molar-refractivity contribution in [2.45, 2.75) is 37.6 Å². The number of aromatic nitrogens is 2. The Morgan fingerprint density at radius 2 is 2.00 bits per heavy atom. The van der Waals surface area contributed by atoms with Gasteiger partial charge in [0.1, 0.15) is 11.6 Å². The first-order valence-electron chi connectivity index (χ1n) is 8.59. The van der Waals surface area contributed by atoms with Crippen molar-refractivity contribution in [2.75, 3.05) is 25.4 Å². The van der Waals surface area contributed by atoms with E-state index in [9.17, 15) is 13.2 Å². The third kappa shape index (κ3) is 3.27. The first kappa shape index (κ1) is 16.5. The number of nitrogen functional groups attached to an aromatic ring is 1. The highest BCUT2D eigenvalue weighted by Crippen LogP contribution is 2.41. The third-order valence-corrected chi connectivity index (χ3v) is 5.34. The Kier molecular flexibility index (Phi) is 4.02. The number of aromatic amines is 1. The summed E-state index contributed by atoms with van der Waals surface area (Å²) in [5.41, 5.74) is 6.12. The minimum absolute atomic E-state index is 0.0131. The first-order chi connectivity index (χ1) is 11.9. The van der Waals surface area contributed by atoms with E-state index >= 15 is 0 Å². The fourth-order valence-electron chi connectivity index (χ4n) is 3.78. The minimum Gasteiger partial charge on any atom is -0.493 e. The monoisotopic (exact) mass is 354 g/mol. The Labute approximate surface area is 143 Å². The minimum atomic E-state index is -2.47. The predicted octanol–water partition coefficient (Wildman–Crippen LogP) is 3.17. The van der Waals surface area contributed by atoms with Gasteiger partial charge in [0.25, 0.3) is 5.92 Å². The van der Waals surface area contributed by atoms with Gasteiger partial charge in [-0.1, -0.05) is 0 Å². The molecule has 1 aromatic carbocycles. The zero-order chi connectivity index (χ0) is 17.6. The van der Waals surface area contributed by atoms with Crippen LogP contribution in [0, 0.1) is 11.7 Å². The maximum Gasteiger partial charge on any atom is 0.251 e. The molecule has 1 aliphatic carbocycles.